The molecule has 0 saturated carbocycles. The number of nitrogens with one attached hydrogen (secondary N) is 2. The van der Waals surface area contributed by atoms with E-state index in [1.54, 1.807) is 0 Å². The highest BCUT2D eigenvalue weighted by molar-refractivity contribution is 9.10. The molecule has 0 saturated heterocycles. The molecule has 0 radical (unpaired) electrons. The van der Waals surface area contributed by atoms with E-state index in [0.717, 1.165) is 27.2 Å². The molecule has 132 valence electrons. The monoisotopic (exact) mass is 413 g/mol. The summed E-state index contributed by atoms with van der Waals surface area (Å²) in [6.07, 6.45) is 1.47. The fourth-order valence-electron chi connectivity index (χ4n) is 2.56. The number of hydrogen-bond donors (Lipinski definition) is 3. The van der Waals surface area contributed by atoms with Crippen molar-refractivity contribution in [2.24, 2.45) is 0 Å². The van der Waals surface area contributed by atoms with Crippen LogP contribution >= 0.6 is 15.9 Å². The molecular formula is C18H16BrN5O2. The fraction of sp³-hybridized carbons (Fsp3) is 0.111. The number of para-hydroxylation sites is 1. The second-order valence-electron chi connectivity index (χ2n) is 5.63. The SMILES string of the molecule is Nc1c(NCc2ccc3c(c2)OCO3)ncnc1Nc1ccccc1Br. The summed E-state index contributed by atoms with van der Waals surface area (Å²) < 4.78 is 11.6. The van der Waals surface area contributed by atoms with E-state index in [0.29, 0.717) is 23.9 Å². The predicted octanol–water partition coefficient (Wildman–Crippen LogP) is 3.91. The van der Waals surface area contributed by atoms with Crippen LogP contribution in [0.5, 0.6) is 11.5 Å². The van der Waals surface area contributed by atoms with Gasteiger partial charge in [-0.05, 0) is 45.8 Å². The lowest BCUT2D eigenvalue weighted by Gasteiger charge is -2.13. The number of benzene rings is 2. The highest BCUT2D eigenvalue weighted by Crippen LogP contribution is 2.33. The van der Waals surface area contributed by atoms with Gasteiger partial charge in [-0.2, -0.15) is 0 Å². The minimum Gasteiger partial charge on any atom is -0.454 e. The first kappa shape index (κ1) is 16.5. The van der Waals surface area contributed by atoms with Crippen molar-refractivity contribution in [3.05, 3.63) is 58.8 Å². The second-order valence-corrected chi connectivity index (χ2v) is 6.48. The van der Waals surface area contributed by atoms with Gasteiger partial charge in [0.1, 0.15) is 12.0 Å². The van der Waals surface area contributed by atoms with Gasteiger partial charge >= 0.3 is 0 Å². The van der Waals surface area contributed by atoms with E-state index in [2.05, 4.69) is 36.5 Å². The molecule has 3 aromatic rings. The van der Waals surface area contributed by atoms with Crippen LogP contribution in [0.2, 0.25) is 0 Å². The normalized spacial score (nSPS) is 12.0. The number of nitrogens with zero attached hydrogens (tertiary/aromatic N) is 2. The van der Waals surface area contributed by atoms with Crippen LogP contribution in [0, 0.1) is 0 Å². The number of nitrogens with two attached hydrogens (primary N) is 1. The summed E-state index contributed by atoms with van der Waals surface area (Å²) in [5.74, 6) is 2.61. The Morgan fingerprint density at radius 2 is 1.85 bits per heavy atom. The van der Waals surface area contributed by atoms with Gasteiger partial charge in [0.25, 0.3) is 0 Å². The maximum atomic E-state index is 6.23. The smallest absolute Gasteiger partial charge is 0.231 e. The number of nitrogen functional groups attached to an aromatic ring is 1. The van der Waals surface area contributed by atoms with Gasteiger partial charge in [0, 0.05) is 11.0 Å². The van der Waals surface area contributed by atoms with Crippen molar-refractivity contribution >= 4 is 38.9 Å². The van der Waals surface area contributed by atoms with Crippen molar-refractivity contribution in [1.29, 1.82) is 0 Å². The number of aromatic nitrogens is 2. The van der Waals surface area contributed by atoms with Crippen molar-refractivity contribution in [2.45, 2.75) is 6.54 Å². The Morgan fingerprint density at radius 1 is 1.04 bits per heavy atom. The molecule has 0 unspecified atom stereocenters. The summed E-state index contributed by atoms with van der Waals surface area (Å²) in [5, 5.41) is 6.45. The molecule has 0 amide bonds. The zero-order valence-electron chi connectivity index (χ0n) is 13.7. The van der Waals surface area contributed by atoms with Crippen LogP contribution in [0.25, 0.3) is 0 Å². The molecule has 0 spiro atoms. The third-order valence-electron chi connectivity index (χ3n) is 3.91. The zero-order chi connectivity index (χ0) is 17.9. The van der Waals surface area contributed by atoms with Gasteiger partial charge in [-0.1, -0.05) is 18.2 Å². The Labute approximate surface area is 158 Å². The van der Waals surface area contributed by atoms with E-state index in [1.165, 1.54) is 6.33 Å². The first-order chi connectivity index (χ1) is 12.7. The van der Waals surface area contributed by atoms with Crippen molar-refractivity contribution in [3.63, 3.8) is 0 Å². The molecule has 26 heavy (non-hydrogen) atoms. The van der Waals surface area contributed by atoms with Gasteiger partial charge < -0.3 is 25.8 Å². The lowest BCUT2D eigenvalue weighted by molar-refractivity contribution is 0.174. The fourth-order valence-corrected chi connectivity index (χ4v) is 2.95. The largest absolute Gasteiger partial charge is 0.454 e. The molecule has 0 atom stereocenters. The van der Waals surface area contributed by atoms with Crippen molar-refractivity contribution in [1.82, 2.24) is 9.97 Å². The van der Waals surface area contributed by atoms with Gasteiger partial charge in [-0.25, -0.2) is 9.97 Å². The van der Waals surface area contributed by atoms with Crippen LogP contribution < -0.4 is 25.8 Å². The summed E-state index contributed by atoms with van der Waals surface area (Å²) in [5.41, 5.74) is 8.58. The molecule has 0 fully saturated rings. The number of anilines is 4. The Balaban J connectivity index is 1.50. The van der Waals surface area contributed by atoms with E-state index in [4.69, 9.17) is 15.2 Å². The highest BCUT2D eigenvalue weighted by atomic mass is 79.9. The number of fused-ring (bicyclic) bond motifs is 1. The molecule has 4 N–H and O–H groups in total. The Kier molecular flexibility index (Phi) is 4.49. The molecule has 1 aliphatic rings. The molecule has 4 rings (SSSR count). The minimum absolute atomic E-state index is 0.259. The van der Waals surface area contributed by atoms with Gasteiger partial charge in [0.2, 0.25) is 6.79 Å². The van der Waals surface area contributed by atoms with Crippen LogP contribution in [0.4, 0.5) is 23.0 Å². The average molecular weight is 414 g/mol. The molecule has 2 heterocycles. The Bertz CT molecular complexity index is 951. The van der Waals surface area contributed by atoms with Gasteiger partial charge in [-0.3, -0.25) is 0 Å². The predicted molar refractivity (Wildman–Crippen MR) is 104 cm³/mol. The molecule has 0 bridgehead atoms. The third-order valence-corrected chi connectivity index (χ3v) is 4.60. The van der Waals surface area contributed by atoms with Crippen molar-refractivity contribution in [3.8, 4) is 11.5 Å². The Hall–Kier alpha value is -3.00. The summed E-state index contributed by atoms with van der Waals surface area (Å²) in [7, 11) is 0. The van der Waals surface area contributed by atoms with Crippen LogP contribution in [0.15, 0.2) is 53.3 Å². The van der Waals surface area contributed by atoms with E-state index < -0.39 is 0 Å². The number of rotatable bonds is 5. The van der Waals surface area contributed by atoms with E-state index in [9.17, 15) is 0 Å². The van der Waals surface area contributed by atoms with Crippen LogP contribution in [0.1, 0.15) is 5.56 Å². The first-order valence-electron chi connectivity index (χ1n) is 7.95. The number of ether oxygens (including phenoxy) is 2. The van der Waals surface area contributed by atoms with Gasteiger partial charge in [-0.15, -0.1) is 0 Å². The zero-order valence-corrected chi connectivity index (χ0v) is 15.3. The summed E-state index contributed by atoms with van der Waals surface area (Å²) in [6.45, 7) is 0.807. The van der Waals surface area contributed by atoms with E-state index in [-0.39, 0.29) is 6.79 Å². The first-order valence-corrected chi connectivity index (χ1v) is 8.74. The summed E-state index contributed by atoms with van der Waals surface area (Å²) in [4.78, 5) is 8.47. The molecule has 1 aliphatic heterocycles. The van der Waals surface area contributed by atoms with Crippen molar-refractivity contribution < 1.29 is 9.47 Å². The van der Waals surface area contributed by atoms with Crippen molar-refractivity contribution in [2.75, 3.05) is 23.2 Å². The lowest BCUT2D eigenvalue weighted by Crippen LogP contribution is -2.08. The number of halogens is 1. The molecule has 8 heteroatoms. The second kappa shape index (κ2) is 7.09. The molecule has 1 aromatic heterocycles. The number of hydrogen-bond acceptors (Lipinski definition) is 7. The van der Waals surface area contributed by atoms with Gasteiger partial charge in [0.05, 0.1) is 5.69 Å². The van der Waals surface area contributed by atoms with E-state index in [1.807, 2.05) is 42.5 Å². The lowest BCUT2D eigenvalue weighted by atomic mass is 10.2. The van der Waals surface area contributed by atoms with E-state index >= 15 is 0 Å². The average Bonchev–Trinajstić information content (AvgIpc) is 3.12. The Morgan fingerprint density at radius 3 is 2.73 bits per heavy atom. The molecule has 2 aromatic carbocycles. The summed E-state index contributed by atoms with van der Waals surface area (Å²) in [6, 6.07) is 13.6. The minimum atomic E-state index is 0.259. The maximum absolute atomic E-state index is 6.23. The molecular weight excluding hydrogens is 398 g/mol. The summed E-state index contributed by atoms with van der Waals surface area (Å²) >= 11 is 3.50. The van der Waals surface area contributed by atoms with Gasteiger partial charge in [0.15, 0.2) is 23.1 Å². The van der Waals surface area contributed by atoms with Crippen LogP contribution in [-0.2, 0) is 6.54 Å². The topological polar surface area (TPSA) is 94.3 Å². The molecule has 7 nitrogen and oxygen atoms in total. The standard InChI is InChI=1S/C18H16BrN5O2/c19-12-3-1-2-4-13(12)24-18-16(20)17(22-9-23-18)21-8-11-5-6-14-15(7-11)26-10-25-14/h1-7,9H,8,10,20H2,(H2,21,22,23,24). The third kappa shape index (κ3) is 3.36. The van der Waals surface area contributed by atoms with Crippen LogP contribution in [0.3, 0.4) is 0 Å². The highest BCUT2D eigenvalue weighted by Gasteiger charge is 2.14. The van der Waals surface area contributed by atoms with Crippen LogP contribution in [-0.4, -0.2) is 16.8 Å². The quantitative estimate of drug-likeness (QED) is 0.583. The maximum Gasteiger partial charge on any atom is 0.231 e. The molecule has 0 aliphatic carbocycles.